The lowest BCUT2D eigenvalue weighted by atomic mass is 10.1. The van der Waals surface area contributed by atoms with Crippen LogP contribution in [0.3, 0.4) is 0 Å². The summed E-state index contributed by atoms with van der Waals surface area (Å²) < 4.78 is 0. The summed E-state index contributed by atoms with van der Waals surface area (Å²) in [5.41, 5.74) is 2.03. The van der Waals surface area contributed by atoms with E-state index >= 15 is 0 Å². The van der Waals surface area contributed by atoms with E-state index in [1.807, 2.05) is 18.2 Å². The Morgan fingerprint density at radius 1 is 1.28 bits per heavy atom. The van der Waals surface area contributed by atoms with Crippen molar-refractivity contribution in [2.45, 2.75) is 32.2 Å². The van der Waals surface area contributed by atoms with Gasteiger partial charge >= 0.3 is 0 Å². The Labute approximate surface area is 112 Å². The number of aromatic amines is 1. The van der Waals surface area contributed by atoms with Crippen LogP contribution in [-0.2, 0) is 0 Å². The van der Waals surface area contributed by atoms with Crippen LogP contribution in [0.4, 0.5) is 0 Å². The average molecular weight is 264 g/mol. The van der Waals surface area contributed by atoms with Gasteiger partial charge in [0.15, 0.2) is 0 Å². The number of aromatic nitrogens is 2. The highest BCUT2D eigenvalue weighted by molar-refractivity contribution is 6.31. The summed E-state index contributed by atoms with van der Waals surface area (Å²) in [6.07, 6.45) is 3.96. The monoisotopic (exact) mass is 263 g/mol. The first kappa shape index (κ1) is 12.0. The summed E-state index contributed by atoms with van der Waals surface area (Å²) in [6, 6.07) is 6.16. The van der Waals surface area contributed by atoms with Crippen LogP contribution < -0.4 is 0 Å². The van der Waals surface area contributed by atoms with E-state index in [9.17, 15) is 0 Å². The normalized spacial score (nSPS) is 19.2. The third-order valence-electron chi connectivity index (χ3n) is 3.80. The standard InChI is InChI=1S/C14H18ClN3/c1-10(18-7-3-2-4-8-18)14-16-12-6-5-11(15)9-13(12)17-14/h5-6,9-10H,2-4,7-8H2,1H3,(H,16,17). The molecule has 0 bridgehead atoms. The number of nitrogens with zero attached hydrogens (tertiary/aromatic N) is 2. The fourth-order valence-corrected chi connectivity index (χ4v) is 2.85. The second-order valence-corrected chi connectivity index (χ2v) is 5.49. The zero-order valence-corrected chi connectivity index (χ0v) is 11.4. The van der Waals surface area contributed by atoms with Crippen LogP contribution in [0.2, 0.25) is 5.02 Å². The first-order valence-corrected chi connectivity index (χ1v) is 7.01. The molecule has 1 aliphatic rings. The van der Waals surface area contributed by atoms with Gasteiger partial charge in [-0.3, -0.25) is 4.90 Å². The lowest BCUT2D eigenvalue weighted by molar-refractivity contribution is 0.169. The SMILES string of the molecule is CC(c1nc2ccc(Cl)cc2[nH]1)N1CCCCC1. The van der Waals surface area contributed by atoms with Gasteiger partial charge in [0, 0.05) is 5.02 Å². The molecular formula is C14H18ClN3. The van der Waals surface area contributed by atoms with Crippen LogP contribution in [0.25, 0.3) is 11.0 Å². The van der Waals surface area contributed by atoms with Gasteiger partial charge in [0.1, 0.15) is 5.82 Å². The maximum absolute atomic E-state index is 6.00. The first-order valence-electron chi connectivity index (χ1n) is 6.63. The number of hydrogen-bond donors (Lipinski definition) is 1. The van der Waals surface area contributed by atoms with Crippen LogP contribution in [0.1, 0.15) is 38.1 Å². The van der Waals surface area contributed by atoms with Crippen LogP contribution >= 0.6 is 11.6 Å². The van der Waals surface area contributed by atoms with Crippen LogP contribution in [-0.4, -0.2) is 28.0 Å². The van der Waals surface area contributed by atoms with Gasteiger partial charge in [0.05, 0.1) is 17.1 Å². The molecule has 1 aromatic heterocycles. The third kappa shape index (κ3) is 2.25. The van der Waals surface area contributed by atoms with Crippen molar-refractivity contribution in [2.75, 3.05) is 13.1 Å². The lowest BCUT2D eigenvalue weighted by Crippen LogP contribution is -2.32. The quantitative estimate of drug-likeness (QED) is 0.895. The molecule has 3 rings (SSSR count). The predicted molar refractivity (Wildman–Crippen MR) is 74.9 cm³/mol. The number of rotatable bonds is 2. The zero-order valence-electron chi connectivity index (χ0n) is 10.6. The minimum atomic E-state index is 0.358. The van der Waals surface area contributed by atoms with Crippen molar-refractivity contribution < 1.29 is 0 Å². The highest BCUT2D eigenvalue weighted by Crippen LogP contribution is 2.25. The van der Waals surface area contributed by atoms with E-state index in [0.717, 1.165) is 21.9 Å². The Kier molecular flexibility index (Phi) is 3.27. The molecule has 0 amide bonds. The van der Waals surface area contributed by atoms with Gasteiger partial charge in [-0.05, 0) is 51.1 Å². The highest BCUT2D eigenvalue weighted by Gasteiger charge is 2.20. The molecule has 2 heterocycles. The Bertz CT molecular complexity index is 543. The Morgan fingerprint density at radius 3 is 2.83 bits per heavy atom. The van der Waals surface area contributed by atoms with Gasteiger partial charge in [-0.1, -0.05) is 18.0 Å². The van der Waals surface area contributed by atoms with Crippen molar-refractivity contribution in [3.05, 3.63) is 29.0 Å². The number of piperidine rings is 1. The van der Waals surface area contributed by atoms with E-state index in [-0.39, 0.29) is 0 Å². The topological polar surface area (TPSA) is 31.9 Å². The van der Waals surface area contributed by atoms with Crippen molar-refractivity contribution in [1.29, 1.82) is 0 Å². The van der Waals surface area contributed by atoms with Crippen molar-refractivity contribution in [2.24, 2.45) is 0 Å². The Hall–Kier alpha value is -1.06. The number of hydrogen-bond acceptors (Lipinski definition) is 2. The van der Waals surface area contributed by atoms with Crippen molar-refractivity contribution in [3.63, 3.8) is 0 Å². The molecule has 0 saturated carbocycles. The molecule has 1 aromatic carbocycles. The van der Waals surface area contributed by atoms with E-state index in [2.05, 4.69) is 21.8 Å². The molecule has 1 saturated heterocycles. The van der Waals surface area contributed by atoms with Gasteiger partial charge in [-0.2, -0.15) is 0 Å². The molecule has 3 nitrogen and oxygen atoms in total. The average Bonchev–Trinajstić information content (AvgIpc) is 2.81. The van der Waals surface area contributed by atoms with Crippen molar-refractivity contribution in [1.82, 2.24) is 14.9 Å². The lowest BCUT2D eigenvalue weighted by Gasteiger charge is -2.31. The van der Waals surface area contributed by atoms with Gasteiger partial charge in [0.25, 0.3) is 0 Å². The molecular weight excluding hydrogens is 246 g/mol. The molecule has 1 aliphatic heterocycles. The highest BCUT2D eigenvalue weighted by atomic mass is 35.5. The van der Waals surface area contributed by atoms with Gasteiger partial charge in [-0.25, -0.2) is 4.98 Å². The zero-order chi connectivity index (χ0) is 12.5. The maximum Gasteiger partial charge on any atom is 0.124 e. The second kappa shape index (κ2) is 4.90. The molecule has 0 radical (unpaired) electrons. The third-order valence-corrected chi connectivity index (χ3v) is 4.03. The van der Waals surface area contributed by atoms with Gasteiger partial charge < -0.3 is 4.98 Å². The summed E-state index contributed by atoms with van der Waals surface area (Å²) in [5, 5.41) is 0.753. The fraction of sp³-hybridized carbons (Fsp3) is 0.500. The van der Waals surface area contributed by atoms with Gasteiger partial charge in [-0.15, -0.1) is 0 Å². The number of fused-ring (bicyclic) bond motifs is 1. The molecule has 1 fully saturated rings. The van der Waals surface area contributed by atoms with Crippen LogP contribution in [0.15, 0.2) is 18.2 Å². The minimum absolute atomic E-state index is 0.358. The second-order valence-electron chi connectivity index (χ2n) is 5.06. The molecule has 18 heavy (non-hydrogen) atoms. The first-order chi connectivity index (χ1) is 8.74. The molecule has 1 N–H and O–H groups in total. The number of likely N-dealkylation sites (tertiary alicyclic amines) is 1. The molecule has 2 aromatic rings. The molecule has 1 unspecified atom stereocenters. The molecule has 0 spiro atoms. The number of halogens is 1. The molecule has 1 atom stereocenters. The minimum Gasteiger partial charge on any atom is -0.341 e. The number of H-pyrrole nitrogens is 1. The largest absolute Gasteiger partial charge is 0.341 e. The van der Waals surface area contributed by atoms with Gasteiger partial charge in [0.2, 0.25) is 0 Å². The summed E-state index contributed by atoms with van der Waals surface area (Å²) in [6.45, 7) is 4.59. The van der Waals surface area contributed by atoms with E-state index in [1.54, 1.807) is 0 Å². The smallest absolute Gasteiger partial charge is 0.124 e. The van der Waals surface area contributed by atoms with E-state index < -0.39 is 0 Å². The maximum atomic E-state index is 6.00. The summed E-state index contributed by atoms with van der Waals surface area (Å²) in [5.74, 6) is 1.05. The van der Waals surface area contributed by atoms with Crippen LogP contribution in [0, 0.1) is 0 Å². The fourth-order valence-electron chi connectivity index (χ4n) is 2.68. The van der Waals surface area contributed by atoms with E-state index in [4.69, 9.17) is 11.6 Å². The number of benzene rings is 1. The van der Waals surface area contributed by atoms with Crippen LogP contribution in [0.5, 0.6) is 0 Å². The van der Waals surface area contributed by atoms with Crippen molar-refractivity contribution in [3.8, 4) is 0 Å². The molecule has 0 aliphatic carbocycles. The summed E-state index contributed by atoms with van der Waals surface area (Å²) >= 11 is 6.00. The van der Waals surface area contributed by atoms with Crippen molar-refractivity contribution >= 4 is 22.6 Å². The summed E-state index contributed by atoms with van der Waals surface area (Å²) in [4.78, 5) is 10.6. The molecule has 96 valence electrons. The number of nitrogens with one attached hydrogen (secondary N) is 1. The predicted octanol–water partition coefficient (Wildman–Crippen LogP) is 3.76. The van der Waals surface area contributed by atoms with E-state index in [1.165, 1.54) is 32.4 Å². The Balaban J connectivity index is 1.88. The van der Waals surface area contributed by atoms with E-state index in [0.29, 0.717) is 6.04 Å². The number of imidazole rings is 1. The Morgan fingerprint density at radius 2 is 2.06 bits per heavy atom. The summed E-state index contributed by atoms with van der Waals surface area (Å²) in [7, 11) is 0. The molecule has 4 heteroatoms.